The van der Waals surface area contributed by atoms with Crippen molar-refractivity contribution in [2.75, 3.05) is 16.4 Å². The molecule has 0 saturated heterocycles. The maximum Gasteiger partial charge on any atom is 0.251 e. The third-order valence-corrected chi connectivity index (χ3v) is 7.72. The number of nitrogens with one attached hydrogen (secondary N) is 2. The summed E-state index contributed by atoms with van der Waals surface area (Å²) in [4.78, 5) is 25.4. The monoisotopic (exact) mass is 445 g/mol. The highest BCUT2D eigenvalue weighted by atomic mass is 32.2. The van der Waals surface area contributed by atoms with Crippen LogP contribution in [0.4, 0.5) is 15.8 Å². The predicted octanol–water partition coefficient (Wildman–Crippen LogP) is 3.97. The molecule has 7 nitrogen and oxygen atoms in total. The van der Waals surface area contributed by atoms with E-state index < -0.39 is 5.91 Å². The number of thioether (sulfide) groups is 1. The molecular weight excluding hydrogens is 426 g/mol. The Labute approximate surface area is 180 Å². The number of fused-ring (bicyclic) bond motifs is 1. The number of aromatic nitrogens is 2. The summed E-state index contributed by atoms with van der Waals surface area (Å²) in [5.74, 6) is -0.496. The van der Waals surface area contributed by atoms with Gasteiger partial charge in [0.25, 0.3) is 5.91 Å². The fourth-order valence-electron chi connectivity index (χ4n) is 3.19. The number of aryl methyl sites for hydroxylation is 2. The van der Waals surface area contributed by atoms with Crippen molar-refractivity contribution in [1.29, 1.82) is 0 Å². The Morgan fingerprint density at radius 3 is 2.83 bits per heavy atom. The predicted molar refractivity (Wildman–Crippen MR) is 119 cm³/mol. The Morgan fingerprint density at radius 2 is 2.03 bits per heavy atom. The van der Waals surface area contributed by atoms with Crippen LogP contribution in [0, 0.1) is 6.92 Å². The molecule has 2 aromatic heterocycles. The maximum absolute atomic E-state index is 12.4. The summed E-state index contributed by atoms with van der Waals surface area (Å²) >= 11 is 4.16. The molecule has 2 heterocycles. The second-order valence-corrected chi connectivity index (χ2v) is 9.88. The summed E-state index contributed by atoms with van der Waals surface area (Å²) < 4.78 is 0.694. The van der Waals surface area contributed by atoms with E-state index in [-0.39, 0.29) is 11.7 Å². The Hall–Kier alpha value is -2.43. The number of hydrogen-bond acceptors (Lipinski definition) is 8. The molecule has 4 rings (SSSR count). The van der Waals surface area contributed by atoms with E-state index in [1.807, 2.05) is 31.2 Å². The summed E-state index contributed by atoms with van der Waals surface area (Å²) in [6.07, 6.45) is 2.81. The molecule has 0 aliphatic heterocycles. The number of para-hydroxylation sites is 1. The van der Waals surface area contributed by atoms with E-state index in [0.717, 1.165) is 41.0 Å². The molecule has 0 fully saturated rings. The van der Waals surface area contributed by atoms with E-state index in [1.54, 1.807) is 0 Å². The summed E-state index contributed by atoms with van der Waals surface area (Å²) in [6.45, 7) is 2.02. The van der Waals surface area contributed by atoms with Gasteiger partial charge in [-0.2, -0.15) is 0 Å². The van der Waals surface area contributed by atoms with Gasteiger partial charge in [-0.15, -0.1) is 21.5 Å². The van der Waals surface area contributed by atoms with Crippen LogP contribution in [0.1, 0.15) is 32.8 Å². The second-order valence-electron chi connectivity index (χ2n) is 6.58. The minimum Gasteiger partial charge on any atom is -0.365 e. The molecule has 3 aromatic rings. The fraction of sp³-hybridized carbons (Fsp3) is 0.263. The smallest absolute Gasteiger partial charge is 0.251 e. The average molecular weight is 446 g/mol. The lowest BCUT2D eigenvalue weighted by molar-refractivity contribution is -0.113. The lowest BCUT2D eigenvalue weighted by Crippen LogP contribution is -2.18. The van der Waals surface area contributed by atoms with Crippen LogP contribution in [-0.4, -0.2) is 27.8 Å². The van der Waals surface area contributed by atoms with Crippen molar-refractivity contribution in [3.63, 3.8) is 0 Å². The Kier molecular flexibility index (Phi) is 5.84. The molecule has 4 N–H and O–H groups in total. The van der Waals surface area contributed by atoms with Gasteiger partial charge in [0.15, 0.2) is 4.34 Å². The minimum absolute atomic E-state index is 0.180. The molecule has 29 heavy (non-hydrogen) atoms. The quantitative estimate of drug-likeness (QED) is 0.475. The zero-order valence-electron chi connectivity index (χ0n) is 15.7. The lowest BCUT2D eigenvalue weighted by atomic mass is 10.1. The van der Waals surface area contributed by atoms with Crippen LogP contribution in [0.5, 0.6) is 0 Å². The first kappa shape index (κ1) is 19.9. The number of benzene rings is 1. The van der Waals surface area contributed by atoms with Crippen LogP contribution in [-0.2, 0) is 17.6 Å². The maximum atomic E-state index is 12.4. The van der Waals surface area contributed by atoms with Gasteiger partial charge in [0.2, 0.25) is 11.0 Å². The first-order chi connectivity index (χ1) is 14.0. The van der Waals surface area contributed by atoms with Gasteiger partial charge < -0.3 is 16.4 Å². The molecular formula is C19H19N5O2S3. The molecule has 0 spiro atoms. The summed E-state index contributed by atoms with van der Waals surface area (Å²) in [5, 5.41) is 15.6. The molecule has 150 valence electrons. The third kappa shape index (κ3) is 4.44. The summed E-state index contributed by atoms with van der Waals surface area (Å²) in [5.41, 5.74) is 9.10. The number of nitrogens with two attached hydrogens (primary N) is 1. The van der Waals surface area contributed by atoms with E-state index in [4.69, 9.17) is 5.73 Å². The molecule has 0 radical (unpaired) electrons. The molecule has 1 aliphatic rings. The largest absolute Gasteiger partial charge is 0.365 e. The van der Waals surface area contributed by atoms with Crippen LogP contribution in [0.15, 0.2) is 28.6 Å². The van der Waals surface area contributed by atoms with Gasteiger partial charge in [-0.05, 0) is 43.4 Å². The number of carbonyl (C=O) groups excluding carboxylic acids is 2. The SMILES string of the molecule is Cc1ccccc1Nc1nnc(SCC(=O)Nc2sc3c(c2C(N)=O)CCC3)s1. The zero-order valence-corrected chi connectivity index (χ0v) is 18.1. The first-order valence-electron chi connectivity index (χ1n) is 9.04. The number of nitrogens with zero attached hydrogens (tertiary/aromatic N) is 2. The number of anilines is 3. The Bertz CT molecular complexity index is 1080. The average Bonchev–Trinajstić information content (AvgIpc) is 3.37. The van der Waals surface area contributed by atoms with Crippen molar-refractivity contribution in [3.8, 4) is 0 Å². The molecule has 1 aliphatic carbocycles. The molecule has 0 bridgehead atoms. The number of rotatable bonds is 7. The van der Waals surface area contributed by atoms with Gasteiger partial charge in [0.1, 0.15) is 5.00 Å². The van der Waals surface area contributed by atoms with Gasteiger partial charge in [-0.1, -0.05) is 41.3 Å². The van der Waals surface area contributed by atoms with Crippen LogP contribution in [0.3, 0.4) is 0 Å². The Morgan fingerprint density at radius 1 is 1.21 bits per heavy atom. The van der Waals surface area contributed by atoms with E-state index >= 15 is 0 Å². The number of carbonyl (C=O) groups is 2. The van der Waals surface area contributed by atoms with Crippen molar-refractivity contribution in [2.24, 2.45) is 5.73 Å². The van der Waals surface area contributed by atoms with E-state index in [9.17, 15) is 9.59 Å². The van der Waals surface area contributed by atoms with Crippen LogP contribution >= 0.6 is 34.4 Å². The molecule has 0 unspecified atom stereocenters. The molecule has 2 amide bonds. The van der Waals surface area contributed by atoms with E-state index in [2.05, 4.69) is 20.8 Å². The second kappa shape index (κ2) is 8.52. The first-order valence-corrected chi connectivity index (χ1v) is 11.7. The van der Waals surface area contributed by atoms with Crippen LogP contribution < -0.4 is 16.4 Å². The highest BCUT2D eigenvalue weighted by molar-refractivity contribution is 8.01. The van der Waals surface area contributed by atoms with Gasteiger partial charge in [-0.25, -0.2) is 0 Å². The normalized spacial score (nSPS) is 12.6. The van der Waals surface area contributed by atoms with Gasteiger partial charge in [0.05, 0.1) is 11.3 Å². The van der Waals surface area contributed by atoms with Gasteiger partial charge >= 0.3 is 0 Å². The summed E-state index contributed by atoms with van der Waals surface area (Å²) in [6, 6.07) is 7.93. The van der Waals surface area contributed by atoms with Crippen molar-refractivity contribution in [3.05, 3.63) is 45.8 Å². The zero-order chi connectivity index (χ0) is 20.4. The van der Waals surface area contributed by atoms with Crippen molar-refractivity contribution in [1.82, 2.24) is 10.2 Å². The third-order valence-electron chi connectivity index (χ3n) is 4.54. The van der Waals surface area contributed by atoms with Crippen LogP contribution in [0.2, 0.25) is 0 Å². The van der Waals surface area contributed by atoms with E-state index in [0.29, 0.717) is 20.0 Å². The topological polar surface area (TPSA) is 110 Å². The van der Waals surface area contributed by atoms with Crippen LogP contribution in [0.25, 0.3) is 0 Å². The number of thiophene rings is 1. The number of hydrogen-bond donors (Lipinski definition) is 3. The molecule has 10 heteroatoms. The molecule has 1 aromatic carbocycles. The number of primary amides is 1. The van der Waals surface area contributed by atoms with Gasteiger partial charge in [-0.3, -0.25) is 9.59 Å². The lowest BCUT2D eigenvalue weighted by Gasteiger charge is -2.05. The van der Waals surface area contributed by atoms with Crippen molar-refractivity contribution in [2.45, 2.75) is 30.5 Å². The summed E-state index contributed by atoms with van der Waals surface area (Å²) in [7, 11) is 0. The van der Waals surface area contributed by atoms with Gasteiger partial charge in [0, 0.05) is 10.6 Å². The highest BCUT2D eigenvalue weighted by Gasteiger charge is 2.26. The highest BCUT2D eigenvalue weighted by Crippen LogP contribution is 2.39. The number of amides is 2. The van der Waals surface area contributed by atoms with E-state index in [1.165, 1.54) is 34.4 Å². The Balaban J connectivity index is 1.36. The fourth-order valence-corrected chi connectivity index (χ4v) is 6.07. The van der Waals surface area contributed by atoms with Crippen molar-refractivity contribution >= 4 is 62.1 Å². The minimum atomic E-state index is -0.483. The standard InChI is InChI=1S/C19H19N5O2S3/c1-10-5-2-3-7-12(10)21-18-23-24-19(29-18)27-9-14(25)22-17-15(16(20)26)11-6-4-8-13(11)28-17/h2-3,5,7H,4,6,8-9H2,1H3,(H2,20,26)(H,21,23)(H,22,25). The molecule has 0 atom stereocenters. The molecule has 0 saturated carbocycles. The van der Waals surface area contributed by atoms with Crippen molar-refractivity contribution < 1.29 is 9.59 Å².